The lowest BCUT2D eigenvalue weighted by Crippen LogP contribution is -2.08. The van der Waals surface area contributed by atoms with Crippen molar-refractivity contribution in [1.29, 1.82) is 0 Å². The van der Waals surface area contributed by atoms with Gasteiger partial charge in [-0.1, -0.05) is 18.9 Å². The molecule has 4 heteroatoms. The molecule has 1 aliphatic carbocycles. The second-order valence-electron chi connectivity index (χ2n) is 4.94. The largest absolute Gasteiger partial charge is 0.493 e. The molecule has 1 aliphatic rings. The topological polar surface area (TPSA) is 47.9 Å². The molecule has 0 radical (unpaired) electrons. The van der Waals surface area contributed by atoms with Crippen LogP contribution < -0.4 is 9.47 Å². The van der Waals surface area contributed by atoms with Gasteiger partial charge >= 0.3 is 0 Å². The first-order chi connectivity index (χ1) is 9.24. The summed E-state index contributed by atoms with van der Waals surface area (Å²) in [6.07, 6.45) is 3.15. The predicted octanol–water partition coefficient (Wildman–Crippen LogP) is 2.55. The Balaban J connectivity index is 1.84. The number of hydrogen-bond donors (Lipinski definition) is 1. The fourth-order valence-electron chi connectivity index (χ4n) is 2.01. The van der Waals surface area contributed by atoms with E-state index in [0.717, 1.165) is 24.5 Å². The highest BCUT2D eigenvalue weighted by atomic mass is 16.5. The molecular weight excluding hydrogens is 244 g/mol. The summed E-state index contributed by atoms with van der Waals surface area (Å²) in [7, 11) is 3.18. The average molecular weight is 266 g/mol. The van der Waals surface area contributed by atoms with Crippen molar-refractivity contribution in [2.24, 2.45) is 5.92 Å². The first kappa shape index (κ1) is 14.2. The molecule has 0 amide bonds. The third-order valence-corrected chi connectivity index (χ3v) is 3.44. The smallest absolute Gasteiger partial charge is 0.161 e. The Hall–Kier alpha value is -1.26. The van der Waals surface area contributed by atoms with Crippen LogP contribution in [0, 0.1) is 5.92 Å². The van der Waals surface area contributed by atoms with E-state index in [2.05, 4.69) is 0 Å². The van der Waals surface area contributed by atoms with Crippen LogP contribution in [0.3, 0.4) is 0 Å². The molecule has 0 saturated heterocycles. The maximum Gasteiger partial charge on any atom is 0.161 e. The van der Waals surface area contributed by atoms with E-state index in [0.29, 0.717) is 18.1 Å². The minimum Gasteiger partial charge on any atom is -0.493 e. The molecule has 0 aromatic heterocycles. The predicted molar refractivity (Wildman–Crippen MR) is 72.7 cm³/mol. The van der Waals surface area contributed by atoms with Crippen LogP contribution in [0.2, 0.25) is 0 Å². The van der Waals surface area contributed by atoms with Gasteiger partial charge in [0.1, 0.15) is 6.10 Å². The number of benzene rings is 1. The maximum atomic E-state index is 10.1. The van der Waals surface area contributed by atoms with Crippen LogP contribution in [-0.4, -0.2) is 32.5 Å². The number of aliphatic hydroxyl groups is 1. The van der Waals surface area contributed by atoms with Gasteiger partial charge in [0.05, 0.1) is 20.8 Å². The fraction of sp³-hybridized carbons (Fsp3) is 0.600. The third-order valence-electron chi connectivity index (χ3n) is 3.44. The van der Waals surface area contributed by atoms with Crippen molar-refractivity contribution in [3.05, 3.63) is 23.8 Å². The van der Waals surface area contributed by atoms with Gasteiger partial charge in [0, 0.05) is 6.61 Å². The minimum absolute atomic E-state index is 0.322. The monoisotopic (exact) mass is 266 g/mol. The van der Waals surface area contributed by atoms with Crippen LogP contribution in [0.1, 0.15) is 30.9 Å². The molecule has 0 aliphatic heterocycles. The highest BCUT2D eigenvalue weighted by molar-refractivity contribution is 5.43. The first-order valence-corrected chi connectivity index (χ1v) is 6.72. The van der Waals surface area contributed by atoms with Gasteiger partial charge in [-0.05, 0) is 30.0 Å². The minimum atomic E-state index is -0.626. The average Bonchev–Trinajstić information content (AvgIpc) is 3.26. The summed E-state index contributed by atoms with van der Waals surface area (Å²) in [4.78, 5) is 0. The molecule has 1 fully saturated rings. The van der Waals surface area contributed by atoms with E-state index >= 15 is 0 Å². The number of methoxy groups -OCH3 is 2. The zero-order valence-corrected chi connectivity index (χ0v) is 11.6. The first-order valence-electron chi connectivity index (χ1n) is 6.72. The number of hydrogen-bond acceptors (Lipinski definition) is 4. The summed E-state index contributed by atoms with van der Waals surface area (Å²) in [6, 6.07) is 5.41. The van der Waals surface area contributed by atoms with Crippen molar-refractivity contribution in [2.45, 2.75) is 25.4 Å². The van der Waals surface area contributed by atoms with E-state index in [9.17, 15) is 5.11 Å². The summed E-state index contributed by atoms with van der Waals surface area (Å²) in [5.74, 6) is 2.14. The van der Waals surface area contributed by atoms with Gasteiger partial charge in [0.15, 0.2) is 11.5 Å². The van der Waals surface area contributed by atoms with Gasteiger partial charge in [0.2, 0.25) is 0 Å². The lowest BCUT2D eigenvalue weighted by molar-refractivity contribution is 0.0335. The van der Waals surface area contributed by atoms with Crippen LogP contribution in [0.15, 0.2) is 18.2 Å². The number of rotatable bonds is 8. The zero-order chi connectivity index (χ0) is 13.7. The Labute approximate surface area is 114 Å². The van der Waals surface area contributed by atoms with Crippen LogP contribution in [0.4, 0.5) is 0 Å². The molecule has 1 aromatic carbocycles. The Bertz CT molecular complexity index is 401. The summed E-state index contributed by atoms with van der Waals surface area (Å²) in [5.41, 5.74) is 0.782. The molecular formula is C15H22O4. The van der Waals surface area contributed by atoms with Crippen molar-refractivity contribution >= 4 is 0 Å². The molecule has 0 heterocycles. The van der Waals surface area contributed by atoms with E-state index in [-0.39, 0.29) is 0 Å². The van der Waals surface area contributed by atoms with Crippen LogP contribution in [-0.2, 0) is 4.74 Å². The van der Waals surface area contributed by atoms with Gasteiger partial charge in [-0.2, -0.15) is 0 Å². The van der Waals surface area contributed by atoms with Gasteiger partial charge in [0.25, 0.3) is 0 Å². The standard InChI is InChI=1S/C15H22O4/c1-17-14-6-5-12(9-15(14)18-2)13(16)10-19-8-7-11-3-4-11/h5-6,9,11,13,16H,3-4,7-8,10H2,1-2H3. The quantitative estimate of drug-likeness (QED) is 0.735. The second kappa shape index (κ2) is 6.78. The molecule has 4 nitrogen and oxygen atoms in total. The third kappa shape index (κ3) is 4.11. The lowest BCUT2D eigenvalue weighted by atomic mass is 10.1. The van der Waals surface area contributed by atoms with Crippen LogP contribution in [0.25, 0.3) is 0 Å². The van der Waals surface area contributed by atoms with E-state index in [4.69, 9.17) is 14.2 Å². The van der Waals surface area contributed by atoms with Gasteiger partial charge < -0.3 is 19.3 Å². The van der Waals surface area contributed by atoms with Gasteiger partial charge in [-0.15, -0.1) is 0 Å². The molecule has 0 bridgehead atoms. The van der Waals surface area contributed by atoms with Crippen molar-refractivity contribution in [2.75, 3.05) is 27.4 Å². The second-order valence-corrected chi connectivity index (χ2v) is 4.94. The van der Waals surface area contributed by atoms with Crippen molar-refractivity contribution in [3.63, 3.8) is 0 Å². The van der Waals surface area contributed by atoms with E-state index in [1.165, 1.54) is 12.8 Å². The summed E-state index contributed by atoms with van der Waals surface area (Å²) in [5, 5.41) is 10.1. The molecule has 1 aromatic rings. The van der Waals surface area contributed by atoms with E-state index < -0.39 is 6.10 Å². The summed E-state index contributed by atoms with van der Waals surface area (Å²) < 4.78 is 15.9. The molecule has 0 spiro atoms. The highest BCUT2D eigenvalue weighted by Crippen LogP contribution is 2.32. The summed E-state index contributed by atoms with van der Waals surface area (Å²) in [6.45, 7) is 1.05. The molecule has 1 N–H and O–H groups in total. The molecule has 106 valence electrons. The molecule has 1 saturated carbocycles. The molecule has 1 unspecified atom stereocenters. The Kier molecular flexibility index (Phi) is 5.05. The van der Waals surface area contributed by atoms with Crippen molar-refractivity contribution in [3.8, 4) is 11.5 Å². The number of aliphatic hydroxyl groups excluding tert-OH is 1. The normalized spacial score (nSPS) is 16.2. The van der Waals surface area contributed by atoms with Gasteiger partial charge in [-0.25, -0.2) is 0 Å². The van der Waals surface area contributed by atoms with Crippen LogP contribution in [0.5, 0.6) is 11.5 Å². The van der Waals surface area contributed by atoms with Crippen molar-refractivity contribution < 1.29 is 19.3 Å². The fourth-order valence-corrected chi connectivity index (χ4v) is 2.01. The van der Waals surface area contributed by atoms with Crippen molar-refractivity contribution in [1.82, 2.24) is 0 Å². The SMILES string of the molecule is COc1ccc(C(O)COCCC2CC2)cc1OC. The Morgan fingerprint density at radius 2 is 1.95 bits per heavy atom. The lowest BCUT2D eigenvalue weighted by Gasteiger charge is -2.14. The number of ether oxygens (including phenoxy) is 3. The van der Waals surface area contributed by atoms with E-state index in [1.807, 2.05) is 6.07 Å². The molecule has 1 atom stereocenters. The van der Waals surface area contributed by atoms with Gasteiger partial charge in [-0.3, -0.25) is 0 Å². The summed E-state index contributed by atoms with van der Waals surface area (Å²) >= 11 is 0. The Morgan fingerprint density at radius 3 is 2.58 bits per heavy atom. The zero-order valence-electron chi connectivity index (χ0n) is 11.6. The maximum absolute atomic E-state index is 10.1. The molecule has 19 heavy (non-hydrogen) atoms. The van der Waals surface area contributed by atoms with Crippen LogP contribution >= 0.6 is 0 Å². The highest BCUT2D eigenvalue weighted by Gasteiger charge is 2.20. The van der Waals surface area contributed by atoms with E-state index in [1.54, 1.807) is 26.4 Å². The molecule has 2 rings (SSSR count). The Morgan fingerprint density at radius 1 is 1.21 bits per heavy atom.